The van der Waals surface area contributed by atoms with E-state index in [9.17, 15) is 22.0 Å². The summed E-state index contributed by atoms with van der Waals surface area (Å²) in [4.78, 5) is 0. The summed E-state index contributed by atoms with van der Waals surface area (Å²) in [7, 11) is -2.33. The lowest BCUT2D eigenvalue weighted by Crippen LogP contribution is -2.33. The third-order valence-electron chi connectivity index (χ3n) is 1.71. The number of hydrogen-bond acceptors (Lipinski definition) is 4. The van der Waals surface area contributed by atoms with Crippen molar-refractivity contribution < 1.29 is 41.5 Å². The molecule has 0 amide bonds. The normalized spacial score (nSPS) is 11.6. The molecule has 0 saturated carbocycles. The van der Waals surface area contributed by atoms with Gasteiger partial charge in [-0.1, -0.05) is 0 Å². The molecule has 0 bridgehead atoms. The minimum atomic E-state index is -5.05. The quantitative estimate of drug-likeness (QED) is 0.630. The van der Waals surface area contributed by atoms with Crippen LogP contribution in [0.4, 0.5) is 22.0 Å². The van der Waals surface area contributed by atoms with E-state index in [-0.39, 0.29) is 0 Å². The average molecular weight is 272 g/mol. The third-order valence-corrected chi connectivity index (χ3v) is 1.71. The van der Waals surface area contributed by atoms with Gasteiger partial charge in [0.25, 0.3) is 0 Å². The molecule has 10 heteroatoms. The van der Waals surface area contributed by atoms with E-state index in [4.69, 9.17) is 10.0 Å². The molecule has 0 heterocycles. The molecule has 0 fully saturated rings. The molecule has 4 nitrogen and oxygen atoms in total. The smallest absolute Gasteiger partial charge is 0.435 e. The maximum Gasteiger partial charge on any atom is 0.573 e. The second kappa shape index (κ2) is 5.40. The van der Waals surface area contributed by atoms with Gasteiger partial charge in [-0.2, -0.15) is 8.78 Å². The van der Waals surface area contributed by atoms with Gasteiger partial charge in [0.2, 0.25) is 0 Å². The predicted octanol–water partition coefficient (Wildman–Crippen LogP) is 0.866. The van der Waals surface area contributed by atoms with Crippen LogP contribution in [0.25, 0.3) is 0 Å². The Balaban J connectivity index is 3.05. The fraction of sp³-hybridized carbons (Fsp3) is 0.250. The lowest BCUT2D eigenvalue weighted by Gasteiger charge is -2.14. The van der Waals surface area contributed by atoms with Crippen molar-refractivity contribution in [2.24, 2.45) is 0 Å². The molecule has 1 aromatic rings. The highest BCUT2D eigenvalue weighted by Crippen LogP contribution is 2.24. The zero-order chi connectivity index (χ0) is 13.9. The fourth-order valence-electron chi connectivity index (χ4n) is 1.12. The van der Waals surface area contributed by atoms with Crippen LogP contribution in [0.15, 0.2) is 18.2 Å². The Morgan fingerprint density at radius 3 is 2.22 bits per heavy atom. The molecule has 0 radical (unpaired) electrons. The lowest BCUT2D eigenvalue weighted by atomic mass is 9.79. The van der Waals surface area contributed by atoms with Crippen LogP contribution in [0.2, 0.25) is 0 Å². The van der Waals surface area contributed by atoms with Crippen LogP contribution in [0.5, 0.6) is 11.5 Å². The standard InChI is InChI=1S/C8H6BF5O4/c10-7(11)17-4-1-2-6(18-8(12,13)14)5(3-4)9(15)16/h1-3,7,15-16H. The zero-order valence-corrected chi connectivity index (χ0v) is 8.49. The maximum atomic E-state index is 12.0. The zero-order valence-electron chi connectivity index (χ0n) is 8.49. The highest BCUT2D eigenvalue weighted by atomic mass is 19.4. The summed E-state index contributed by atoms with van der Waals surface area (Å²) in [5.74, 6) is -1.44. The number of alkyl halides is 5. The highest BCUT2D eigenvalue weighted by molar-refractivity contribution is 6.59. The average Bonchev–Trinajstić information content (AvgIpc) is 2.17. The molecular weight excluding hydrogens is 266 g/mol. The molecule has 100 valence electrons. The molecule has 18 heavy (non-hydrogen) atoms. The Morgan fingerprint density at radius 1 is 1.17 bits per heavy atom. The van der Waals surface area contributed by atoms with Crippen molar-refractivity contribution >= 4 is 12.6 Å². The number of halogens is 5. The Hall–Kier alpha value is -1.55. The SMILES string of the molecule is OB(O)c1cc(OC(F)F)ccc1OC(F)(F)F. The second-order valence-corrected chi connectivity index (χ2v) is 3.00. The fourth-order valence-corrected chi connectivity index (χ4v) is 1.12. The van der Waals surface area contributed by atoms with Gasteiger partial charge in [0.1, 0.15) is 11.5 Å². The van der Waals surface area contributed by atoms with Gasteiger partial charge in [-0.05, 0) is 18.2 Å². The number of benzene rings is 1. The molecule has 1 rings (SSSR count). The first-order valence-electron chi connectivity index (χ1n) is 4.39. The number of hydrogen-bond donors (Lipinski definition) is 2. The van der Waals surface area contributed by atoms with Crippen LogP contribution in [-0.4, -0.2) is 30.1 Å². The van der Waals surface area contributed by atoms with E-state index in [1.165, 1.54) is 0 Å². The molecule has 0 saturated heterocycles. The van der Waals surface area contributed by atoms with E-state index in [0.717, 1.165) is 6.07 Å². The summed E-state index contributed by atoms with van der Waals surface area (Å²) in [5, 5.41) is 17.7. The molecule has 0 aromatic heterocycles. The van der Waals surface area contributed by atoms with Gasteiger partial charge in [-0.25, -0.2) is 0 Å². The van der Waals surface area contributed by atoms with Gasteiger partial charge in [0.05, 0.1) is 0 Å². The molecule has 0 aliphatic rings. The minimum Gasteiger partial charge on any atom is -0.435 e. The van der Waals surface area contributed by atoms with Crippen molar-refractivity contribution in [3.05, 3.63) is 18.2 Å². The summed E-state index contributed by atoms with van der Waals surface area (Å²) < 4.78 is 67.0. The van der Waals surface area contributed by atoms with Gasteiger partial charge in [-0.15, -0.1) is 13.2 Å². The largest absolute Gasteiger partial charge is 0.573 e. The predicted molar refractivity (Wildman–Crippen MR) is 49.6 cm³/mol. The maximum absolute atomic E-state index is 12.0. The van der Waals surface area contributed by atoms with Crippen molar-refractivity contribution in [3.63, 3.8) is 0 Å². The van der Waals surface area contributed by atoms with E-state index in [1.54, 1.807) is 0 Å². The van der Waals surface area contributed by atoms with E-state index in [1.807, 2.05) is 0 Å². The molecule has 0 aliphatic carbocycles. The highest BCUT2D eigenvalue weighted by Gasteiger charge is 2.33. The van der Waals surface area contributed by atoms with Crippen molar-refractivity contribution in [3.8, 4) is 11.5 Å². The van der Waals surface area contributed by atoms with Crippen molar-refractivity contribution in [1.82, 2.24) is 0 Å². The van der Waals surface area contributed by atoms with Gasteiger partial charge in [-0.3, -0.25) is 0 Å². The van der Waals surface area contributed by atoms with E-state index < -0.39 is 37.1 Å². The third kappa shape index (κ3) is 4.38. The Kier molecular flexibility index (Phi) is 4.35. The minimum absolute atomic E-state index is 0.525. The van der Waals surface area contributed by atoms with Gasteiger partial charge >= 0.3 is 20.1 Å². The summed E-state index contributed by atoms with van der Waals surface area (Å²) >= 11 is 0. The first-order valence-corrected chi connectivity index (χ1v) is 4.39. The summed E-state index contributed by atoms with van der Waals surface area (Å²) in [6.07, 6.45) is -5.05. The van der Waals surface area contributed by atoms with E-state index >= 15 is 0 Å². The topological polar surface area (TPSA) is 58.9 Å². The second-order valence-electron chi connectivity index (χ2n) is 3.00. The van der Waals surface area contributed by atoms with Crippen LogP contribution in [0.3, 0.4) is 0 Å². The molecule has 0 unspecified atom stereocenters. The molecule has 2 N–H and O–H groups in total. The van der Waals surface area contributed by atoms with Crippen molar-refractivity contribution in [1.29, 1.82) is 0 Å². The molecule has 1 aromatic carbocycles. The van der Waals surface area contributed by atoms with Crippen molar-refractivity contribution in [2.45, 2.75) is 13.0 Å². The molecule has 0 atom stereocenters. The van der Waals surface area contributed by atoms with Crippen molar-refractivity contribution in [2.75, 3.05) is 0 Å². The Bertz CT molecular complexity index is 409. The molecule has 0 aliphatic heterocycles. The summed E-state index contributed by atoms with van der Waals surface area (Å²) in [5.41, 5.74) is -0.745. The van der Waals surface area contributed by atoms with Gasteiger partial charge < -0.3 is 19.5 Å². The number of ether oxygens (including phenoxy) is 2. The van der Waals surface area contributed by atoms with Crippen LogP contribution < -0.4 is 14.9 Å². The Morgan fingerprint density at radius 2 is 1.78 bits per heavy atom. The van der Waals surface area contributed by atoms with E-state index in [2.05, 4.69) is 9.47 Å². The molecular formula is C8H6BF5O4. The van der Waals surface area contributed by atoms with Crippen LogP contribution >= 0.6 is 0 Å². The lowest BCUT2D eigenvalue weighted by molar-refractivity contribution is -0.274. The number of rotatable bonds is 4. The summed E-state index contributed by atoms with van der Waals surface area (Å²) in [6.45, 7) is -3.19. The monoisotopic (exact) mass is 272 g/mol. The van der Waals surface area contributed by atoms with Crippen LogP contribution in [0, 0.1) is 0 Å². The summed E-state index contributed by atoms with van der Waals surface area (Å²) in [6, 6.07) is 2.02. The van der Waals surface area contributed by atoms with Crippen LogP contribution in [0.1, 0.15) is 0 Å². The first-order chi connectivity index (χ1) is 8.19. The van der Waals surface area contributed by atoms with E-state index in [0.29, 0.717) is 12.1 Å². The van der Waals surface area contributed by atoms with Gasteiger partial charge in [0.15, 0.2) is 0 Å². The Labute approximate surface area is 97.7 Å². The molecule has 0 spiro atoms. The first kappa shape index (κ1) is 14.5. The van der Waals surface area contributed by atoms with Crippen LogP contribution in [-0.2, 0) is 0 Å². The van der Waals surface area contributed by atoms with Gasteiger partial charge in [0, 0.05) is 5.46 Å².